The molecule has 3 heteroatoms. The van der Waals surface area contributed by atoms with E-state index in [0.717, 1.165) is 37.2 Å². The first-order chi connectivity index (χ1) is 13.3. The molecule has 2 aromatic carbocycles. The molecule has 0 radical (unpaired) electrons. The summed E-state index contributed by atoms with van der Waals surface area (Å²) < 4.78 is 0. The molecule has 3 nitrogen and oxygen atoms in total. The van der Waals surface area contributed by atoms with Gasteiger partial charge in [0.1, 0.15) is 5.82 Å². The molecular formula is C24H26N2O. The molecule has 1 aliphatic carbocycles. The molecule has 27 heavy (non-hydrogen) atoms. The molecule has 1 saturated heterocycles. The highest BCUT2D eigenvalue weighted by Gasteiger charge is 2.49. The van der Waals surface area contributed by atoms with E-state index < -0.39 is 5.60 Å². The standard InChI is InChI=1S/C24H26N2O/c27-24(19-9-2-1-3-10-19)15-17-26(22-13-7-6-12-21(22)24)23-20-11-5-4-8-18(20)14-16-25-23/h1-5,8-11,14,16,21-22,27H,6-7,12-13,15,17H2/t21-,22+,24-/m0/s1. The lowest BCUT2D eigenvalue weighted by Gasteiger charge is -2.53. The predicted octanol–water partition coefficient (Wildman–Crippen LogP) is 4.89. The Kier molecular flexibility index (Phi) is 4.13. The number of pyridine rings is 1. The third-order valence-corrected chi connectivity index (χ3v) is 6.68. The average Bonchev–Trinajstić information content (AvgIpc) is 2.75. The topological polar surface area (TPSA) is 36.4 Å². The molecular weight excluding hydrogens is 332 g/mol. The average molecular weight is 358 g/mol. The normalized spacial score (nSPS) is 28.1. The number of aromatic nitrogens is 1. The fourth-order valence-electron chi connectivity index (χ4n) is 5.36. The first kappa shape index (κ1) is 16.8. The third kappa shape index (κ3) is 2.72. The van der Waals surface area contributed by atoms with Crippen LogP contribution in [0.25, 0.3) is 10.8 Å². The number of nitrogens with zero attached hydrogens (tertiary/aromatic N) is 2. The lowest BCUT2D eigenvalue weighted by atomic mass is 9.66. The van der Waals surface area contributed by atoms with Crippen LogP contribution in [0.1, 0.15) is 37.7 Å². The van der Waals surface area contributed by atoms with Gasteiger partial charge in [0, 0.05) is 30.1 Å². The van der Waals surface area contributed by atoms with Gasteiger partial charge in [0.05, 0.1) is 5.60 Å². The second-order valence-corrected chi connectivity index (χ2v) is 8.05. The smallest absolute Gasteiger partial charge is 0.136 e. The summed E-state index contributed by atoms with van der Waals surface area (Å²) in [5.74, 6) is 1.34. The molecule has 5 rings (SSSR count). The number of anilines is 1. The van der Waals surface area contributed by atoms with Crippen LogP contribution in [0.4, 0.5) is 5.82 Å². The van der Waals surface area contributed by atoms with Crippen molar-refractivity contribution >= 4 is 16.6 Å². The largest absolute Gasteiger partial charge is 0.385 e. The van der Waals surface area contributed by atoms with E-state index in [1.807, 2.05) is 24.4 Å². The van der Waals surface area contributed by atoms with E-state index >= 15 is 0 Å². The van der Waals surface area contributed by atoms with E-state index in [1.165, 1.54) is 23.6 Å². The molecule has 0 bridgehead atoms. The summed E-state index contributed by atoms with van der Waals surface area (Å²) >= 11 is 0. The van der Waals surface area contributed by atoms with Gasteiger partial charge in [-0.15, -0.1) is 0 Å². The van der Waals surface area contributed by atoms with Gasteiger partial charge in [-0.1, -0.05) is 67.4 Å². The highest BCUT2D eigenvalue weighted by Crippen LogP contribution is 2.48. The maximum atomic E-state index is 11.8. The number of fused-ring (bicyclic) bond motifs is 2. The lowest BCUT2D eigenvalue weighted by molar-refractivity contribution is -0.0690. The van der Waals surface area contributed by atoms with E-state index in [-0.39, 0.29) is 5.92 Å². The summed E-state index contributed by atoms with van der Waals surface area (Å²) in [6, 6.07) is 21.2. The van der Waals surface area contributed by atoms with Crippen molar-refractivity contribution in [2.24, 2.45) is 5.92 Å². The van der Waals surface area contributed by atoms with Gasteiger partial charge in [-0.25, -0.2) is 4.98 Å². The molecule has 1 aromatic heterocycles. The van der Waals surface area contributed by atoms with Gasteiger partial charge in [-0.3, -0.25) is 0 Å². The summed E-state index contributed by atoms with van der Waals surface area (Å²) in [5, 5.41) is 14.2. The second-order valence-electron chi connectivity index (χ2n) is 8.05. The van der Waals surface area contributed by atoms with E-state index in [4.69, 9.17) is 4.98 Å². The Labute approximate surface area is 160 Å². The molecule has 2 fully saturated rings. The highest BCUT2D eigenvalue weighted by atomic mass is 16.3. The Bertz CT molecular complexity index is 936. The fourth-order valence-corrected chi connectivity index (χ4v) is 5.36. The number of aliphatic hydroxyl groups is 1. The van der Waals surface area contributed by atoms with Crippen LogP contribution in [0, 0.1) is 5.92 Å². The van der Waals surface area contributed by atoms with Gasteiger partial charge in [-0.2, -0.15) is 0 Å². The SMILES string of the molecule is O[C@]1(c2ccccc2)CCN(c2nccc3ccccc23)[C@@H]2CCCC[C@@H]21. The molecule has 0 amide bonds. The van der Waals surface area contributed by atoms with Crippen LogP contribution in [-0.4, -0.2) is 22.7 Å². The minimum Gasteiger partial charge on any atom is -0.385 e. The van der Waals surface area contributed by atoms with Crippen molar-refractivity contribution in [3.05, 3.63) is 72.4 Å². The second kappa shape index (κ2) is 6.65. The van der Waals surface area contributed by atoms with E-state index in [9.17, 15) is 5.11 Å². The number of rotatable bonds is 2. The first-order valence-electron chi connectivity index (χ1n) is 10.2. The van der Waals surface area contributed by atoms with Crippen LogP contribution in [-0.2, 0) is 5.60 Å². The van der Waals surface area contributed by atoms with Crippen LogP contribution in [0.3, 0.4) is 0 Å². The van der Waals surface area contributed by atoms with Gasteiger partial charge in [0.2, 0.25) is 0 Å². The van der Waals surface area contributed by atoms with Crippen LogP contribution in [0.2, 0.25) is 0 Å². The van der Waals surface area contributed by atoms with Crippen molar-refractivity contribution in [3.8, 4) is 0 Å². The number of hydrogen-bond acceptors (Lipinski definition) is 3. The Morgan fingerprint density at radius 1 is 0.926 bits per heavy atom. The minimum absolute atomic E-state index is 0.253. The fraction of sp³-hybridized carbons (Fsp3) is 0.375. The van der Waals surface area contributed by atoms with Gasteiger partial charge in [0.25, 0.3) is 0 Å². The van der Waals surface area contributed by atoms with Gasteiger partial charge < -0.3 is 10.0 Å². The Hall–Kier alpha value is -2.39. The Morgan fingerprint density at radius 3 is 2.59 bits per heavy atom. The molecule has 2 aliphatic rings. The number of hydrogen-bond donors (Lipinski definition) is 1. The summed E-state index contributed by atoms with van der Waals surface area (Å²) in [6.45, 7) is 0.841. The lowest BCUT2D eigenvalue weighted by Crippen LogP contribution is -2.57. The molecule has 1 N–H and O–H groups in total. The zero-order chi connectivity index (χ0) is 18.3. The monoisotopic (exact) mass is 358 g/mol. The third-order valence-electron chi connectivity index (χ3n) is 6.68. The number of benzene rings is 2. The molecule has 2 heterocycles. The van der Waals surface area contributed by atoms with Crippen LogP contribution in [0.5, 0.6) is 0 Å². The molecule has 0 spiro atoms. The van der Waals surface area contributed by atoms with Crippen LogP contribution < -0.4 is 4.90 Å². The summed E-state index contributed by atoms with van der Waals surface area (Å²) in [7, 11) is 0. The molecule has 1 saturated carbocycles. The molecule has 0 unspecified atom stereocenters. The van der Waals surface area contributed by atoms with Crippen molar-refractivity contribution < 1.29 is 5.11 Å². The van der Waals surface area contributed by atoms with Crippen molar-refractivity contribution in [2.45, 2.75) is 43.7 Å². The van der Waals surface area contributed by atoms with E-state index in [1.54, 1.807) is 0 Å². The van der Waals surface area contributed by atoms with Crippen molar-refractivity contribution in [3.63, 3.8) is 0 Å². The summed E-state index contributed by atoms with van der Waals surface area (Å²) in [6.07, 6.45) is 7.32. The molecule has 138 valence electrons. The summed E-state index contributed by atoms with van der Waals surface area (Å²) in [4.78, 5) is 7.28. The Balaban J connectivity index is 1.57. The van der Waals surface area contributed by atoms with Gasteiger partial charge in [0.15, 0.2) is 0 Å². The molecule has 3 aromatic rings. The number of piperidine rings is 1. The zero-order valence-electron chi connectivity index (χ0n) is 15.6. The van der Waals surface area contributed by atoms with Gasteiger partial charge >= 0.3 is 0 Å². The van der Waals surface area contributed by atoms with Gasteiger partial charge in [-0.05, 0) is 36.3 Å². The predicted molar refractivity (Wildman–Crippen MR) is 110 cm³/mol. The maximum Gasteiger partial charge on any atom is 0.136 e. The first-order valence-corrected chi connectivity index (χ1v) is 10.2. The van der Waals surface area contributed by atoms with Crippen molar-refractivity contribution in [1.29, 1.82) is 0 Å². The quantitative estimate of drug-likeness (QED) is 0.708. The van der Waals surface area contributed by atoms with E-state index in [0.29, 0.717) is 6.04 Å². The summed E-state index contributed by atoms with van der Waals surface area (Å²) in [5.41, 5.74) is 0.348. The van der Waals surface area contributed by atoms with Crippen LogP contribution >= 0.6 is 0 Å². The molecule has 1 aliphatic heterocycles. The highest BCUT2D eigenvalue weighted by molar-refractivity contribution is 5.92. The molecule has 3 atom stereocenters. The minimum atomic E-state index is -0.729. The van der Waals surface area contributed by atoms with Crippen molar-refractivity contribution in [2.75, 3.05) is 11.4 Å². The zero-order valence-corrected chi connectivity index (χ0v) is 15.6. The van der Waals surface area contributed by atoms with Crippen LogP contribution in [0.15, 0.2) is 66.9 Å². The van der Waals surface area contributed by atoms with E-state index in [2.05, 4.69) is 47.4 Å². The van der Waals surface area contributed by atoms with Crippen molar-refractivity contribution in [1.82, 2.24) is 4.98 Å². The maximum absolute atomic E-state index is 11.8. The Morgan fingerprint density at radius 2 is 1.70 bits per heavy atom.